The lowest BCUT2D eigenvalue weighted by atomic mass is 9.78. The highest BCUT2D eigenvalue weighted by Gasteiger charge is 2.20. The summed E-state index contributed by atoms with van der Waals surface area (Å²) in [5, 5.41) is 0. The second-order valence-corrected chi connectivity index (χ2v) is 7.46. The van der Waals surface area contributed by atoms with Crippen molar-refractivity contribution in [1.29, 1.82) is 0 Å². The normalized spacial score (nSPS) is 29.5. The van der Waals surface area contributed by atoms with E-state index in [1.165, 1.54) is 44.9 Å². The third kappa shape index (κ3) is 5.88. The van der Waals surface area contributed by atoms with Crippen molar-refractivity contribution in [2.24, 2.45) is 17.8 Å². The largest absolute Gasteiger partial charge is 0.0654 e. The summed E-state index contributed by atoms with van der Waals surface area (Å²) in [6, 6.07) is 0. The lowest BCUT2D eigenvalue weighted by Crippen LogP contribution is -2.14. The fraction of sp³-hybridized carbons (Fsp3) is 1.00. The van der Waals surface area contributed by atoms with E-state index in [9.17, 15) is 0 Å². The van der Waals surface area contributed by atoms with Gasteiger partial charge in [-0.3, -0.25) is 0 Å². The molecule has 2 fully saturated rings. The molecule has 2 aliphatic carbocycles. The number of unbranched alkanes of at least 4 members (excludes halogenated alkanes) is 1. The minimum atomic E-state index is 1.09. The monoisotopic (exact) mass is 264 g/mol. The first-order valence-corrected chi connectivity index (χ1v) is 9.38. The van der Waals surface area contributed by atoms with Crippen molar-refractivity contribution in [1.82, 2.24) is 0 Å². The van der Waals surface area contributed by atoms with Crippen LogP contribution >= 0.6 is 0 Å². The van der Waals surface area contributed by atoms with Crippen LogP contribution in [0.5, 0.6) is 0 Å². The van der Waals surface area contributed by atoms with E-state index in [0.717, 1.165) is 17.8 Å². The summed E-state index contributed by atoms with van der Waals surface area (Å²) in [7, 11) is 0. The molecule has 2 aliphatic rings. The number of hydrogen-bond acceptors (Lipinski definition) is 0. The van der Waals surface area contributed by atoms with Crippen LogP contribution in [0.1, 0.15) is 103 Å². The van der Waals surface area contributed by atoms with E-state index in [1.54, 1.807) is 51.4 Å². The molecule has 0 bridgehead atoms. The lowest BCUT2D eigenvalue weighted by Gasteiger charge is -2.28. The van der Waals surface area contributed by atoms with Gasteiger partial charge in [-0.25, -0.2) is 0 Å². The van der Waals surface area contributed by atoms with Gasteiger partial charge in [-0.05, 0) is 17.8 Å². The molecular formula is C19H36. The van der Waals surface area contributed by atoms with Crippen molar-refractivity contribution < 1.29 is 0 Å². The molecule has 0 N–H and O–H groups in total. The summed E-state index contributed by atoms with van der Waals surface area (Å²) < 4.78 is 0. The Morgan fingerprint density at radius 1 is 0.579 bits per heavy atom. The van der Waals surface area contributed by atoms with E-state index in [1.807, 2.05) is 0 Å². The van der Waals surface area contributed by atoms with Gasteiger partial charge in [0.15, 0.2) is 0 Å². The maximum Gasteiger partial charge on any atom is -0.0414 e. The first-order valence-electron chi connectivity index (χ1n) is 9.38. The fourth-order valence-corrected chi connectivity index (χ4v) is 4.56. The van der Waals surface area contributed by atoms with Crippen LogP contribution in [-0.4, -0.2) is 0 Å². The summed E-state index contributed by atoms with van der Waals surface area (Å²) in [5.74, 6) is 3.29. The van der Waals surface area contributed by atoms with Crippen molar-refractivity contribution in [2.45, 2.75) is 103 Å². The van der Waals surface area contributed by atoms with Gasteiger partial charge in [0.2, 0.25) is 0 Å². The van der Waals surface area contributed by atoms with Gasteiger partial charge in [-0.2, -0.15) is 0 Å². The van der Waals surface area contributed by atoms with Crippen LogP contribution in [0.2, 0.25) is 0 Å². The molecule has 19 heavy (non-hydrogen) atoms. The Kier molecular flexibility index (Phi) is 7.32. The smallest absolute Gasteiger partial charge is 0.0414 e. The third-order valence-corrected chi connectivity index (χ3v) is 5.86. The zero-order chi connectivity index (χ0) is 13.3. The summed E-state index contributed by atoms with van der Waals surface area (Å²) in [6.45, 7) is 2.34. The second-order valence-electron chi connectivity index (χ2n) is 7.46. The van der Waals surface area contributed by atoms with Gasteiger partial charge in [0, 0.05) is 0 Å². The topological polar surface area (TPSA) is 0 Å². The maximum atomic E-state index is 2.34. The van der Waals surface area contributed by atoms with Crippen LogP contribution in [0.4, 0.5) is 0 Å². The van der Waals surface area contributed by atoms with Gasteiger partial charge < -0.3 is 0 Å². The van der Waals surface area contributed by atoms with Crippen LogP contribution in [0, 0.1) is 17.8 Å². The molecule has 0 amide bonds. The molecule has 0 aliphatic heterocycles. The van der Waals surface area contributed by atoms with Crippen molar-refractivity contribution in [3.8, 4) is 0 Å². The average Bonchev–Trinajstić information content (AvgIpc) is 2.47. The van der Waals surface area contributed by atoms with Gasteiger partial charge >= 0.3 is 0 Å². The molecule has 112 valence electrons. The van der Waals surface area contributed by atoms with E-state index in [2.05, 4.69) is 6.92 Å². The number of hydrogen-bond donors (Lipinski definition) is 0. The Morgan fingerprint density at radius 2 is 1.05 bits per heavy atom. The molecule has 0 aromatic carbocycles. The van der Waals surface area contributed by atoms with Crippen LogP contribution < -0.4 is 0 Å². The first kappa shape index (κ1) is 15.4. The van der Waals surface area contributed by atoms with Crippen LogP contribution in [0.3, 0.4) is 0 Å². The molecule has 0 heterocycles. The van der Waals surface area contributed by atoms with Gasteiger partial charge in [0.05, 0.1) is 0 Å². The molecule has 0 nitrogen and oxygen atoms in total. The summed E-state index contributed by atoms with van der Waals surface area (Å²) in [5.41, 5.74) is 0. The lowest BCUT2D eigenvalue weighted by molar-refractivity contribution is 0.244. The maximum absolute atomic E-state index is 2.34. The van der Waals surface area contributed by atoms with E-state index < -0.39 is 0 Å². The van der Waals surface area contributed by atoms with Crippen LogP contribution in [0.25, 0.3) is 0 Å². The Morgan fingerprint density at radius 3 is 1.58 bits per heavy atom. The van der Waals surface area contributed by atoms with Gasteiger partial charge in [0.25, 0.3) is 0 Å². The van der Waals surface area contributed by atoms with Gasteiger partial charge in [-0.1, -0.05) is 103 Å². The second kappa shape index (κ2) is 9.03. The van der Waals surface area contributed by atoms with Gasteiger partial charge in [0.1, 0.15) is 0 Å². The van der Waals surface area contributed by atoms with E-state index in [-0.39, 0.29) is 0 Å². The summed E-state index contributed by atoms with van der Waals surface area (Å²) in [4.78, 5) is 0. The molecule has 0 aromatic rings. The first-order chi connectivity index (χ1) is 9.38. The number of rotatable bonds is 7. The van der Waals surface area contributed by atoms with Crippen molar-refractivity contribution >= 4 is 0 Å². The molecule has 0 saturated heterocycles. The Balaban J connectivity index is 1.47. The molecule has 0 unspecified atom stereocenters. The van der Waals surface area contributed by atoms with E-state index >= 15 is 0 Å². The Hall–Kier alpha value is 0. The molecule has 0 radical (unpaired) electrons. The quantitative estimate of drug-likeness (QED) is 0.447. The highest BCUT2D eigenvalue weighted by molar-refractivity contribution is 4.73. The zero-order valence-electron chi connectivity index (χ0n) is 13.3. The van der Waals surface area contributed by atoms with E-state index in [4.69, 9.17) is 0 Å². The standard InChI is InChI=1S/C19H36/c1-2-8-17-13-15-19(16-14-17)12-7-6-11-18-9-4-3-5-10-18/h17-19H,2-16H2,1H3/t17-,19-. The SMILES string of the molecule is CCC[C@H]1CC[C@H](CCCCC2CCCCC2)CC1. The van der Waals surface area contributed by atoms with Crippen molar-refractivity contribution in [3.63, 3.8) is 0 Å². The van der Waals surface area contributed by atoms with Crippen molar-refractivity contribution in [3.05, 3.63) is 0 Å². The molecular weight excluding hydrogens is 228 g/mol. The Labute approximate surface area is 121 Å². The highest BCUT2D eigenvalue weighted by Crippen LogP contribution is 2.34. The average molecular weight is 264 g/mol. The van der Waals surface area contributed by atoms with E-state index in [0.29, 0.717) is 0 Å². The highest BCUT2D eigenvalue weighted by atomic mass is 14.3. The fourth-order valence-electron chi connectivity index (χ4n) is 4.56. The summed E-state index contributed by atoms with van der Waals surface area (Å²) >= 11 is 0. The zero-order valence-corrected chi connectivity index (χ0v) is 13.3. The minimum absolute atomic E-state index is 1.09. The molecule has 2 saturated carbocycles. The molecule has 0 aromatic heterocycles. The predicted octanol–water partition coefficient (Wildman–Crippen LogP) is 6.73. The molecule has 0 heteroatoms. The third-order valence-electron chi connectivity index (χ3n) is 5.86. The van der Waals surface area contributed by atoms with Crippen LogP contribution in [0.15, 0.2) is 0 Å². The Bertz CT molecular complexity index is 206. The molecule has 0 spiro atoms. The predicted molar refractivity (Wildman–Crippen MR) is 85.4 cm³/mol. The molecule has 2 rings (SSSR count). The minimum Gasteiger partial charge on any atom is -0.0654 e. The van der Waals surface area contributed by atoms with Crippen molar-refractivity contribution in [2.75, 3.05) is 0 Å². The van der Waals surface area contributed by atoms with Crippen LogP contribution in [-0.2, 0) is 0 Å². The molecule has 0 atom stereocenters. The summed E-state index contributed by atoms with van der Waals surface area (Å²) in [6.07, 6.45) is 22.9. The van der Waals surface area contributed by atoms with Gasteiger partial charge in [-0.15, -0.1) is 0 Å².